The van der Waals surface area contributed by atoms with E-state index in [1.54, 1.807) is 0 Å². The molecule has 0 amide bonds. The molecule has 1 rings (SSSR count). The number of ether oxygens (including phenoxy) is 1. The number of unbranched alkanes of at least 4 members (excludes halogenated alkanes) is 5. The third-order valence-corrected chi connectivity index (χ3v) is 3.01. The van der Waals surface area contributed by atoms with Gasteiger partial charge in [-0.2, -0.15) is 0 Å². The monoisotopic (exact) mass is 285 g/mol. The van der Waals surface area contributed by atoms with Crippen LogP contribution in [0.3, 0.4) is 0 Å². The largest absolute Gasteiger partial charge is 0.494 e. The van der Waals surface area contributed by atoms with Crippen LogP contribution in [0.5, 0.6) is 5.75 Å². The van der Waals surface area contributed by atoms with E-state index in [1.807, 2.05) is 30.3 Å². The van der Waals surface area contributed by atoms with Gasteiger partial charge in [0.25, 0.3) is 0 Å². The van der Waals surface area contributed by atoms with Crippen LogP contribution in [-0.4, -0.2) is 32.1 Å². The van der Waals surface area contributed by atoms with E-state index in [0.717, 1.165) is 12.4 Å². The number of hydrogen-bond acceptors (Lipinski definition) is 2. The topological polar surface area (TPSA) is 12.5 Å². The van der Waals surface area contributed by atoms with Crippen LogP contribution in [0.4, 0.5) is 0 Å². The quantitative estimate of drug-likeness (QED) is 0.591. The standard InChI is InChI=1S/C16H27NO.ClH/c1-17(2)14-10-5-3-4-6-11-15-18-16-12-8-7-9-13-16;/h7-9,12-13H,3-6,10-11,14-15H2,1-2H3;1H. The number of rotatable bonds is 10. The molecule has 3 heteroatoms. The van der Waals surface area contributed by atoms with Gasteiger partial charge in [-0.3, -0.25) is 0 Å². The first-order valence-electron chi connectivity index (χ1n) is 7.11. The van der Waals surface area contributed by atoms with Crippen molar-refractivity contribution in [3.63, 3.8) is 0 Å². The highest BCUT2D eigenvalue weighted by molar-refractivity contribution is 5.85. The van der Waals surface area contributed by atoms with Crippen molar-refractivity contribution in [3.8, 4) is 5.75 Å². The Hall–Kier alpha value is -0.730. The van der Waals surface area contributed by atoms with Crippen molar-refractivity contribution in [2.75, 3.05) is 27.2 Å². The molecular weight excluding hydrogens is 258 g/mol. The molecule has 0 saturated heterocycles. The molecule has 1 aromatic rings. The van der Waals surface area contributed by atoms with Gasteiger partial charge in [0, 0.05) is 0 Å². The average Bonchev–Trinajstić information content (AvgIpc) is 2.37. The van der Waals surface area contributed by atoms with Gasteiger partial charge in [-0.15, -0.1) is 12.4 Å². The Labute approximate surface area is 124 Å². The van der Waals surface area contributed by atoms with E-state index in [2.05, 4.69) is 19.0 Å². The Morgan fingerprint density at radius 1 is 0.842 bits per heavy atom. The minimum absolute atomic E-state index is 0. The second-order valence-corrected chi connectivity index (χ2v) is 5.09. The highest BCUT2D eigenvalue weighted by Gasteiger charge is 1.94. The fourth-order valence-electron chi connectivity index (χ4n) is 1.94. The Morgan fingerprint density at radius 3 is 2.05 bits per heavy atom. The van der Waals surface area contributed by atoms with Gasteiger partial charge in [0.2, 0.25) is 0 Å². The molecule has 0 unspecified atom stereocenters. The normalized spacial score (nSPS) is 10.3. The molecule has 0 N–H and O–H groups in total. The maximum atomic E-state index is 5.66. The third kappa shape index (κ3) is 10.8. The molecule has 0 atom stereocenters. The number of para-hydroxylation sites is 1. The maximum absolute atomic E-state index is 5.66. The summed E-state index contributed by atoms with van der Waals surface area (Å²) in [6, 6.07) is 10.1. The molecule has 1 aromatic carbocycles. The van der Waals surface area contributed by atoms with Crippen LogP contribution in [0.25, 0.3) is 0 Å². The van der Waals surface area contributed by atoms with Crippen molar-refractivity contribution in [1.82, 2.24) is 4.90 Å². The molecular formula is C16H28ClNO. The van der Waals surface area contributed by atoms with Crippen molar-refractivity contribution in [3.05, 3.63) is 30.3 Å². The maximum Gasteiger partial charge on any atom is 0.119 e. The highest BCUT2D eigenvalue weighted by Crippen LogP contribution is 2.10. The Kier molecular flexibility index (Phi) is 11.8. The zero-order chi connectivity index (χ0) is 13.1. The second kappa shape index (κ2) is 12.3. The fraction of sp³-hybridized carbons (Fsp3) is 0.625. The van der Waals surface area contributed by atoms with Gasteiger partial charge in [0.15, 0.2) is 0 Å². The zero-order valence-corrected chi connectivity index (χ0v) is 13.1. The van der Waals surface area contributed by atoms with E-state index in [-0.39, 0.29) is 12.4 Å². The summed E-state index contributed by atoms with van der Waals surface area (Å²) in [6.07, 6.45) is 7.84. The van der Waals surface area contributed by atoms with Crippen molar-refractivity contribution in [2.45, 2.75) is 38.5 Å². The van der Waals surface area contributed by atoms with Crippen molar-refractivity contribution >= 4 is 12.4 Å². The van der Waals surface area contributed by atoms with E-state index >= 15 is 0 Å². The molecule has 0 aromatic heterocycles. The molecule has 0 aliphatic rings. The Bertz CT molecular complexity index is 290. The van der Waals surface area contributed by atoms with Crippen molar-refractivity contribution in [1.29, 1.82) is 0 Å². The molecule has 2 nitrogen and oxygen atoms in total. The van der Waals surface area contributed by atoms with Crippen molar-refractivity contribution < 1.29 is 4.74 Å². The first-order valence-corrected chi connectivity index (χ1v) is 7.11. The second-order valence-electron chi connectivity index (χ2n) is 5.09. The van der Waals surface area contributed by atoms with Crippen LogP contribution in [0, 0.1) is 0 Å². The summed E-state index contributed by atoms with van der Waals surface area (Å²) in [5, 5.41) is 0. The van der Waals surface area contributed by atoms with Crippen LogP contribution in [0.15, 0.2) is 30.3 Å². The van der Waals surface area contributed by atoms with E-state index in [4.69, 9.17) is 4.74 Å². The summed E-state index contributed by atoms with van der Waals surface area (Å²) in [4.78, 5) is 2.26. The van der Waals surface area contributed by atoms with Crippen LogP contribution in [0.2, 0.25) is 0 Å². The highest BCUT2D eigenvalue weighted by atomic mass is 35.5. The number of hydrogen-bond donors (Lipinski definition) is 0. The minimum atomic E-state index is 0. The van der Waals surface area contributed by atoms with E-state index in [9.17, 15) is 0 Å². The number of nitrogens with zero attached hydrogens (tertiary/aromatic N) is 1. The smallest absolute Gasteiger partial charge is 0.119 e. The summed E-state index contributed by atoms with van der Waals surface area (Å²) in [6.45, 7) is 2.07. The van der Waals surface area contributed by atoms with Gasteiger partial charge >= 0.3 is 0 Å². The molecule has 0 spiro atoms. The summed E-state index contributed by atoms with van der Waals surface area (Å²) in [5.74, 6) is 0.989. The predicted octanol–water partition coefficient (Wildman–Crippen LogP) is 4.39. The van der Waals surface area contributed by atoms with Crippen molar-refractivity contribution in [2.24, 2.45) is 0 Å². The minimum Gasteiger partial charge on any atom is -0.494 e. The van der Waals surface area contributed by atoms with Crippen LogP contribution in [0.1, 0.15) is 38.5 Å². The van der Waals surface area contributed by atoms with E-state index < -0.39 is 0 Å². The van der Waals surface area contributed by atoms with Gasteiger partial charge in [0.05, 0.1) is 6.61 Å². The van der Waals surface area contributed by atoms with Crippen LogP contribution >= 0.6 is 12.4 Å². The summed E-state index contributed by atoms with van der Waals surface area (Å²) < 4.78 is 5.66. The lowest BCUT2D eigenvalue weighted by atomic mass is 10.1. The molecule has 110 valence electrons. The first kappa shape index (κ1) is 18.3. The summed E-state index contributed by atoms with van der Waals surface area (Å²) in [5.41, 5.74) is 0. The van der Waals surface area contributed by atoms with Gasteiger partial charge in [-0.1, -0.05) is 43.9 Å². The molecule has 0 heterocycles. The average molecular weight is 286 g/mol. The van der Waals surface area contributed by atoms with E-state index in [0.29, 0.717) is 0 Å². The molecule has 0 saturated carbocycles. The van der Waals surface area contributed by atoms with Crippen LogP contribution < -0.4 is 4.74 Å². The zero-order valence-electron chi connectivity index (χ0n) is 12.3. The molecule has 0 fully saturated rings. The van der Waals surface area contributed by atoms with E-state index in [1.165, 1.54) is 45.1 Å². The molecule has 0 bridgehead atoms. The Balaban J connectivity index is 0.00000324. The molecule has 19 heavy (non-hydrogen) atoms. The Morgan fingerprint density at radius 2 is 1.42 bits per heavy atom. The molecule has 0 aliphatic heterocycles. The van der Waals surface area contributed by atoms with Gasteiger partial charge in [-0.25, -0.2) is 0 Å². The van der Waals surface area contributed by atoms with Crippen LogP contribution in [-0.2, 0) is 0 Å². The predicted molar refractivity (Wildman–Crippen MR) is 85.4 cm³/mol. The van der Waals surface area contributed by atoms with Gasteiger partial charge < -0.3 is 9.64 Å². The lowest BCUT2D eigenvalue weighted by Crippen LogP contribution is -2.12. The summed E-state index contributed by atoms with van der Waals surface area (Å²) in [7, 11) is 4.28. The molecule has 0 radical (unpaired) electrons. The first-order chi connectivity index (χ1) is 8.79. The van der Waals surface area contributed by atoms with Gasteiger partial charge in [-0.05, 0) is 45.6 Å². The fourth-order valence-corrected chi connectivity index (χ4v) is 1.94. The SMILES string of the molecule is CN(C)CCCCCCCCOc1ccccc1.Cl. The lowest BCUT2D eigenvalue weighted by molar-refractivity contribution is 0.304. The lowest BCUT2D eigenvalue weighted by Gasteiger charge is -2.08. The molecule has 0 aliphatic carbocycles. The third-order valence-electron chi connectivity index (χ3n) is 3.01. The number of benzene rings is 1. The summed E-state index contributed by atoms with van der Waals surface area (Å²) >= 11 is 0. The van der Waals surface area contributed by atoms with Gasteiger partial charge in [0.1, 0.15) is 5.75 Å². The number of halogens is 1.